The number of nitrogens with one attached hydrogen (secondary N) is 1. The minimum absolute atomic E-state index is 0.280. The molecule has 1 unspecified atom stereocenters. The number of rotatable bonds is 9. The standard InChI is InChI=1S/C13H19ClINO3/c1-2-18-5-6-19-9-11(17)8-16-13-4-3-10(15)7-12(13)14/h3-4,7,11,16-17H,2,5-6,8-9H2,1H3. The van der Waals surface area contributed by atoms with Gasteiger partial charge in [-0.15, -0.1) is 0 Å². The average molecular weight is 400 g/mol. The summed E-state index contributed by atoms with van der Waals surface area (Å²) in [5.74, 6) is 0. The van der Waals surface area contributed by atoms with Crippen molar-refractivity contribution in [3.8, 4) is 0 Å². The Morgan fingerprint density at radius 3 is 2.79 bits per heavy atom. The minimum atomic E-state index is -0.572. The van der Waals surface area contributed by atoms with Crippen molar-refractivity contribution in [3.63, 3.8) is 0 Å². The summed E-state index contributed by atoms with van der Waals surface area (Å²) in [5.41, 5.74) is 0.815. The fourth-order valence-corrected chi connectivity index (χ4v) is 2.32. The smallest absolute Gasteiger partial charge is 0.0945 e. The van der Waals surface area contributed by atoms with Crippen LogP contribution in [0.3, 0.4) is 0 Å². The number of aliphatic hydroxyl groups is 1. The zero-order chi connectivity index (χ0) is 14.1. The van der Waals surface area contributed by atoms with Gasteiger partial charge in [0.2, 0.25) is 0 Å². The molecule has 0 saturated heterocycles. The van der Waals surface area contributed by atoms with Crippen LogP contribution in [0.15, 0.2) is 18.2 Å². The number of ether oxygens (including phenoxy) is 2. The SMILES string of the molecule is CCOCCOCC(O)CNc1ccc(I)cc1Cl. The third-order valence-corrected chi connectivity index (χ3v) is 3.33. The summed E-state index contributed by atoms with van der Waals surface area (Å²) in [4.78, 5) is 0. The Morgan fingerprint density at radius 1 is 1.37 bits per heavy atom. The number of benzene rings is 1. The largest absolute Gasteiger partial charge is 0.389 e. The van der Waals surface area contributed by atoms with Gasteiger partial charge in [-0.05, 0) is 47.7 Å². The second-order valence-electron chi connectivity index (χ2n) is 3.93. The number of anilines is 1. The van der Waals surface area contributed by atoms with Gasteiger partial charge in [-0.1, -0.05) is 11.6 Å². The van der Waals surface area contributed by atoms with E-state index in [1.807, 2.05) is 25.1 Å². The fraction of sp³-hybridized carbons (Fsp3) is 0.538. The fourth-order valence-electron chi connectivity index (χ4n) is 1.40. The quantitative estimate of drug-likeness (QED) is 0.495. The molecule has 0 heterocycles. The monoisotopic (exact) mass is 399 g/mol. The van der Waals surface area contributed by atoms with E-state index in [4.69, 9.17) is 21.1 Å². The predicted molar refractivity (Wildman–Crippen MR) is 86.0 cm³/mol. The lowest BCUT2D eigenvalue weighted by Crippen LogP contribution is -2.25. The molecule has 0 aliphatic rings. The minimum Gasteiger partial charge on any atom is -0.389 e. The molecule has 0 aliphatic heterocycles. The molecule has 108 valence electrons. The molecule has 0 amide bonds. The van der Waals surface area contributed by atoms with Crippen LogP contribution in [-0.2, 0) is 9.47 Å². The number of hydrogen-bond acceptors (Lipinski definition) is 4. The molecule has 4 nitrogen and oxygen atoms in total. The van der Waals surface area contributed by atoms with Crippen LogP contribution in [0.1, 0.15) is 6.92 Å². The summed E-state index contributed by atoms with van der Waals surface area (Å²) in [5, 5.41) is 13.5. The van der Waals surface area contributed by atoms with Gasteiger partial charge >= 0.3 is 0 Å². The lowest BCUT2D eigenvalue weighted by atomic mass is 10.3. The van der Waals surface area contributed by atoms with Gasteiger partial charge in [0.15, 0.2) is 0 Å². The van der Waals surface area contributed by atoms with Crippen LogP contribution < -0.4 is 5.32 Å². The lowest BCUT2D eigenvalue weighted by Gasteiger charge is -2.14. The van der Waals surface area contributed by atoms with Crippen LogP contribution >= 0.6 is 34.2 Å². The Morgan fingerprint density at radius 2 is 2.11 bits per heavy atom. The number of aliphatic hydroxyl groups excluding tert-OH is 1. The Labute approximate surface area is 132 Å². The van der Waals surface area contributed by atoms with Crippen molar-refractivity contribution in [2.75, 3.05) is 38.3 Å². The summed E-state index contributed by atoms with van der Waals surface area (Å²) in [7, 11) is 0. The molecule has 1 aromatic carbocycles. The highest BCUT2D eigenvalue weighted by Gasteiger charge is 2.06. The van der Waals surface area contributed by atoms with E-state index in [1.165, 1.54) is 0 Å². The normalized spacial score (nSPS) is 12.4. The summed E-state index contributed by atoms with van der Waals surface area (Å²) in [6, 6.07) is 5.72. The zero-order valence-corrected chi connectivity index (χ0v) is 13.8. The van der Waals surface area contributed by atoms with Gasteiger partial charge in [0.25, 0.3) is 0 Å². The lowest BCUT2D eigenvalue weighted by molar-refractivity contribution is 0.0103. The molecule has 0 fully saturated rings. The first-order valence-corrected chi connectivity index (χ1v) is 7.61. The second kappa shape index (κ2) is 9.77. The highest BCUT2D eigenvalue weighted by Crippen LogP contribution is 2.23. The Balaban J connectivity index is 2.20. The van der Waals surface area contributed by atoms with Gasteiger partial charge in [0, 0.05) is 16.7 Å². The van der Waals surface area contributed by atoms with Crippen molar-refractivity contribution in [2.45, 2.75) is 13.0 Å². The molecule has 1 rings (SSSR count). The van der Waals surface area contributed by atoms with Crippen molar-refractivity contribution in [1.29, 1.82) is 0 Å². The molecule has 1 aromatic rings. The Hall–Kier alpha value is -0.0800. The maximum absolute atomic E-state index is 9.74. The van der Waals surface area contributed by atoms with E-state index >= 15 is 0 Å². The van der Waals surface area contributed by atoms with Crippen LogP contribution in [-0.4, -0.2) is 44.2 Å². The van der Waals surface area contributed by atoms with Crippen LogP contribution in [0.5, 0.6) is 0 Å². The number of halogens is 2. The van der Waals surface area contributed by atoms with Crippen molar-refractivity contribution < 1.29 is 14.6 Å². The molecule has 0 radical (unpaired) electrons. The zero-order valence-electron chi connectivity index (χ0n) is 10.9. The molecule has 0 saturated carbocycles. The van der Waals surface area contributed by atoms with Crippen molar-refractivity contribution >= 4 is 39.9 Å². The highest BCUT2D eigenvalue weighted by atomic mass is 127. The van der Waals surface area contributed by atoms with E-state index in [-0.39, 0.29) is 6.61 Å². The third kappa shape index (κ3) is 7.31. The summed E-state index contributed by atoms with van der Waals surface area (Å²) in [6.45, 7) is 4.34. The summed E-state index contributed by atoms with van der Waals surface area (Å²) in [6.07, 6.45) is -0.572. The molecule has 0 spiro atoms. The van der Waals surface area contributed by atoms with E-state index in [0.29, 0.717) is 31.4 Å². The maximum Gasteiger partial charge on any atom is 0.0945 e. The number of hydrogen-bond donors (Lipinski definition) is 2. The van der Waals surface area contributed by atoms with Crippen molar-refractivity contribution in [1.82, 2.24) is 0 Å². The van der Waals surface area contributed by atoms with Gasteiger partial charge in [0.05, 0.1) is 36.6 Å². The van der Waals surface area contributed by atoms with Crippen molar-refractivity contribution in [3.05, 3.63) is 26.8 Å². The molecular formula is C13H19ClINO3. The Kier molecular flexibility index (Phi) is 8.72. The molecule has 6 heteroatoms. The van der Waals surface area contributed by atoms with Gasteiger partial charge in [-0.3, -0.25) is 0 Å². The summed E-state index contributed by atoms with van der Waals surface area (Å²) < 4.78 is 11.5. The predicted octanol–water partition coefficient (Wildman–Crippen LogP) is 2.77. The highest BCUT2D eigenvalue weighted by molar-refractivity contribution is 14.1. The average Bonchev–Trinajstić information content (AvgIpc) is 2.37. The van der Waals surface area contributed by atoms with E-state index in [9.17, 15) is 5.11 Å². The van der Waals surface area contributed by atoms with Crippen LogP contribution in [0.4, 0.5) is 5.69 Å². The van der Waals surface area contributed by atoms with E-state index in [2.05, 4.69) is 27.9 Å². The van der Waals surface area contributed by atoms with E-state index in [0.717, 1.165) is 9.26 Å². The molecule has 0 bridgehead atoms. The summed E-state index contributed by atoms with van der Waals surface area (Å²) >= 11 is 8.28. The molecule has 2 N–H and O–H groups in total. The van der Waals surface area contributed by atoms with Crippen LogP contribution in [0.2, 0.25) is 5.02 Å². The topological polar surface area (TPSA) is 50.7 Å². The first-order chi connectivity index (χ1) is 9.13. The third-order valence-electron chi connectivity index (χ3n) is 2.35. The molecule has 0 aromatic heterocycles. The van der Waals surface area contributed by atoms with Crippen LogP contribution in [0, 0.1) is 3.57 Å². The van der Waals surface area contributed by atoms with Crippen molar-refractivity contribution in [2.24, 2.45) is 0 Å². The molecule has 19 heavy (non-hydrogen) atoms. The molecule has 0 aliphatic carbocycles. The van der Waals surface area contributed by atoms with E-state index in [1.54, 1.807) is 0 Å². The molecule has 1 atom stereocenters. The van der Waals surface area contributed by atoms with E-state index < -0.39 is 6.10 Å². The van der Waals surface area contributed by atoms with Gasteiger partial charge < -0.3 is 19.9 Å². The Bertz CT molecular complexity index is 379. The maximum atomic E-state index is 9.74. The van der Waals surface area contributed by atoms with Gasteiger partial charge in [-0.25, -0.2) is 0 Å². The first-order valence-electron chi connectivity index (χ1n) is 6.16. The molecular weight excluding hydrogens is 381 g/mol. The first kappa shape index (κ1) is 17.0. The van der Waals surface area contributed by atoms with Gasteiger partial charge in [0.1, 0.15) is 0 Å². The van der Waals surface area contributed by atoms with Crippen LogP contribution in [0.25, 0.3) is 0 Å². The van der Waals surface area contributed by atoms with Gasteiger partial charge in [-0.2, -0.15) is 0 Å². The second-order valence-corrected chi connectivity index (χ2v) is 5.58.